The Balaban J connectivity index is 1.60. The third-order valence-electron chi connectivity index (χ3n) is 6.00. The Kier molecular flexibility index (Phi) is 6.09. The predicted molar refractivity (Wildman–Crippen MR) is 120 cm³/mol. The molecule has 0 bridgehead atoms. The van der Waals surface area contributed by atoms with Crippen molar-refractivity contribution in [2.24, 2.45) is 0 Å². The van der Waals surface area contributed by atoms with Crippen molar-refractivity contribution in [1.29, 1.82) is 0 Å². The van der Waals surface area contributed by atoms with E-state index in [0.29, 0.717) is 32.6 Å². The maximum atomic E-state index is 13.6. The Morgan fingerprint density at radius 1 is 1.00 bits per heavy atom. The first-order chi connectivity index (χ1) is 14.5. The van der Waals surface area contributed by atoms with Crippen LogP contribution in [0.15, 0.2) is 54.7 Å². The second-order valence-electron chi connectivity index (χ2n) is 7.80. The minimum atomic E-state index is -0.260. The highest BCUT2D eigenvalue weighted by Gasteiger charge is 2.30. The van der Waals surface area contributed by atoms with Crippen LogP contribution < -0.4 is 0 Å². The molecule has 1 unspecified atom stereocenters. The zero-order valence-corrected chi connectivity index (χ0v) is 17.9. The van der Waals surface area contributed by atoms with Gasteiger partial charge in [0.05, 0.1) is 5.92 Å². The number of hydrogen-bond acceptors (Lipinski definition) is 2. The van der Waals surface area contributed by atoms with Gasteiger partial charge in [0.25, 0.3) is 0 Å². The lowest BCUT2D eigenvalue weighted by atomic mass is 9.88. The van der Waals surface area contributed by atoms with Crippen LogP contribution in [0.4, 0.5) is 0 Å². The van der Waals surface area contributed by atoms with Crippen molar-refractivity contribution in [3.8, 4) is 0 Å². The molecule has 1 aliphatic heterocycles. The predicted octanol–water partition coefficient (Wildman–Crippen LogP) is 4.23. The number of carbonyl (C=O) groups is 2. The van der Waals surface area contributed by atoms with Gasteiger partial charge >= 0.3 is 0 Å². The van der Waals surface area contributed by atoms with E-state index in [-0.39, 0.29) is 17.7 Å². The minimum absolute atomic E-state index is 0.0643. The lowest BCUT2D eigenvalue weighted by Gasteiger charge is -2.36. The van der Waals surface area contributed by atoms with E-state index in [1.807, 2.05) is 53.6 Å². The molecule has 0 radical (unpaired) electrons. The number of H-pyrrole nitrogens is 1. The van der Waals surface area contributed by atoms with Crippen LogP contribution in [0, 0.1) is 0 Å². The average molecular weight is 424 g/mol. The van der Waals surface area contributed by atoms with E-state index in [2.05, 4.69) is 11.1 Å². The molecule has 1 atom stereocenters. The molecule has 4 rings (SSSR count). The molecule has 2 amide bonds. The average Bonchev–Trinajstić information content (AvgIpc) is 3.24. The Bertz CT molecular complexity index is 1050. The quantitative estimate of drug-likeness (QED) is 0.667. The number of benzene rings is 2. The van der Waals surface area contributed by atoms with E-state index in [1.54, 1.807) is 11.8 Å². The van der Waals surface area contributed by atoms with E-state index < -0.39 is 0 Å². The Hall–Kier alpha value is -2.79. The largest absolute Gasteiger partial charge is 0.361 e. The van der Waals surface area contributed by atoms with Crippen LogP contribution in [-0.4, -0.2) is 52.8 Å². The summed E-state index contributed by atoms with van der Waals surface area (Å²) in [5.41, 5.74) is 3.13. The molecule has 1 aromatic heterocycles. The third kappa shape index (κ3) is 4.21. The number of nitrogens with one attached hydrogen (secondary N) is 1. The summed E-state index contributed by atoms with van der Waals surface area (Å²) in [6.07, 6.45) is 3.32. The lowest BCUT2D eigenvalue weighted by Crippen LogP contribution is -2.51. The van der Waals surface area contributed by atoms with E-state index in [9.17, 15) is 9.59 Å². The number of aromatic nitrogens is 1. The Morgan fingerprint density at radius 3 is 2.47 bits per heavy atom. The monoisotopic (exact) mass is 423 g/mol. The normalized spacial score (nSPS) is 15.4. The summed E-state index contributed by atoms with van der Waals surface area (Å²) in [5, 5.41) is 1.82. The number of rotatable bonds is 5. The van der Waals surface area contributed by atoms with Gasteiger partial charge in [-0.3, -0.25) is 9.59 Å². The first-order valence-electron chi connectivity index (χ1n) is 10.4. The van der Waals surface area contributed by atoms with Crippen LogP contribution in [0.25, 0.3) is 10.9 Å². The van der Waals surface area contributed by atoms with E-state index in [0.717, 1.165) is 33.5 Å². The first-order valence-corrected chi connectivity index (χ1v) is 10.8. The standard InChI is InChI=1S/C24H26ClN3O2/c1-17(29)27-13-15-28(16-14-27)24(30)21(10-9-18-5-2-3-7-22(18)25)19-6-4-8-23-20(19)11-12-26-23/h2-8,11-12,21,26H,9-10,13-16H2,1H3. The maximum Gasteiger partial charge on any atom is 0.230 e. The molecule has 0 saturated carbocycles. The number of amides is 2. The van der Waals surface area contributed by atoms with E-state index in [4.69, 9.17) is 11.6 Å². The zero-order chi connectivity index (χ0) is 21.1. The number of fused-ring (bicyclic) bond motifs is 1. The van der Waals surface area contributed by atoms with Crippen molar-refractivity contribution in [3.05, 3.63) is 70.9 Å². The number of nitrogens with zero attached hydrogens (tertiary/aromatic N) is 2. The molecule has 1 N–H and O–H groups in total. The van der Waals surface area contributed by atoms with Gasteiger partial charge in [0.15, 0.2) is 0 Å². The van der Waals surface area contributed by atoms with Crippen molar-refractivity contribution in [2.45, 2.75) is 25.7 Å². The van der Waals surface area contributed by atoms with Gasteiger partial charge in [0.2, 0.25) is 11.8 Å². The molecule has 1 fully saturated rings. The molecule has 5 nitrogen and oxygen atoms in total. The molecule has 2 aromatic carbocycles. The maximum absolute atomic E-state index is 13.6. The number of hydrogen-bond donors (Lipinski definition) is 1. The summed E-state index contributed by atoms with van der Waals surface area (Å²) in [7, 11) is 0. The number of aryl methyl sites for hydroxylation is 1. The molecule has 3 aromatic rings. The van der Waals surface area contributed by atoms with Crippen molar-refractivity contribution in [2.75, 3.05) is 26.2 Å². The molecular formula is C24H26ClN3O2. The molecule has 156 valence electrons. The van der Waals surface area contributed by atoms with E-state index in [1.165, 1.54) is 0 Å². The number of aromatic amines is 1. The second-order valence-corrected chi connectivity index (χ2v) is 8.21. The SMILES string of the molecule is CC(=O)N1CCN(C(=O)C(CCc2ccccc2Cl)c2cccc3[nH]ccc23)CC1. The van der Waals surface area contributed by atoms with Crippen molar-refractivity contribution < 1.29 is 9.59 Å². The van der Waals surface area contributed by atoms with Crippen LogP contribution in [0.1, 0.15) is 30.4 Å². The molecule has 6 heteroatoms. The number of carbonyl (C=O) groups excluding carboxylic acids is 2. The van der Waals surface area contributed by atoms with E-state index >= 15 is 0 Å². The Morgan fingerprint density at radius 2 is 1.73 bits per heavy atom. The molecule has 0 aliphatic carbocycles. The smallest absolute Gasteiger partial charge is 0.230 e. The summed E-state index contributed by atoms with van der Waals surface area (Å²) >= 11 is 6.37. The van der Waals surface area contributed by atoms with Gasteiger partial charge in [-0.05, 0) is 42.2 Å². The van der Waals surface area contributed by atoms with Crippen molar-refractivity contribution in [3.63, 3.8) is 0 Å². The van der Waals surface area contributed by atoms with Gasteiger partial charge in [-0.2, -0.15) is 0 Å². The molecule has 0 spiro atoms. The van der Waals surface area contributed by atoms with Gasteiger partial charge in [-0.1, -0.05) is 41.9 Å². The van der Waals surface area contributed by atoms with Gasteiger partial charge in [0, 0.05) is 55.2 Å². The summed E-state index contributed by atoms with van der Waals surface area (Å²) in [6, 6.07) is 15.9. The Labute approximate surface area is 181 Å². The fraction of sp³-hybridized carbons (Fsp3) is 0.333. The van der Waals surface area contributed by atoms with Gasteiger partial charge in [-0.25, -0.2) is 0 Å². The summed E-state index contributed by atoms with van der Waals surface area (Å²) in [6.45, 7) is 3.91. The highest BCUT2D eigenvalue weighted by molar-refractivity contribution is 6.31. The summed E-state index contributed by atoms with van der Waals surface area (Å²) in [4.78, 5) is 32.2. The number of piperazine rings is 1. The van der Waals surface area contributed by atoms with Crippen LogP contribution in [0.5, 0.6) is 0 Å². The van der Waals surface area contributed by atoms with Crippen LogP contribution in [-0.2, 0) is 16.0 Å². The highest BCUT2D eigenvalue weighted by atomic mass is 35.5. The molecule has 2 heterocycles. The minimum Gasteiger partial charge on any atom is -0.361 e. The van der Waals surface area contributed by atoms with Crippen LogP contribution >= 0.6 is 11.6 Å². The second kappa shape index (κ2) is 8.92. The molecular weight excluding hydrogens is 398 g/mol. The lowest BCUT2D eigenvalue weighted by molar-refractivity contribution is -0.139. The van der Waals surface area contributed by atoms with Crippen LogP contribution in [0.3, 0.4) is 0 Å². The van der Waals surface area contributed by atoms with Gasteiger partial charge in [0.1, 0.15) is 0 Å². The molecule has 30 heavy (non-hydrogen) atoms. The fourth-order valence-electron chi connectivity index (χ4n) is 4.29. The molecule has 1 aliphatic rings. The number of halogens is 1. The van der Waals surface area contributed by atoms with Crippen LogP contribution in [0.2, 0.25) is 5.02 Å². The summed E-state index contributed by atoms with van der Waals surface area (Å²) in [5.74, 6) is -0.0712. The van der Waals surface area contributed by atoms with Gasteiger partial charge in [-0.15, -0.1) is 0 Å². The third-order valence-corrected chi connectivity index (χ3v) is 6.37. The van der Waals surface area contributed by atoms with Gasteiger partial charge < -0.3 is 14.8 Å². The first kappa shape index (κ1) is 20.5. The zero-order valence-electron chi connectivity index (χ0n) is 17.1. The summed E-state index contributed by atoms with van der Waals surface area (Å²) < 4.78 is 0. The van der Waals surface area contributed by atoms with Crippen molar-refractivity contribution in [1.82, 2.24) is 14.8 Å². The van der Waals surface area contributed by atoms with Crippen molar-refractivity contribution >= 4 is 34.3 Å². The fourth-order valence-corrected chi connectivity index (χ4v) is 4.52. The highest BCUT2D eigenvalue weighted by Crippen LogP contribution is 2.31. The topological polar surface area (TPSA) is 56.4 Å². The molecule has 1 saturated heterocycles.